The summed E-state index contributed by atoms with van der Waals surface area (Å²) in [5, 5.41) is 32.6. The number of hydrogen-bond donors (Lipinski definition) is 1. The third-order valence-corrected chi connectivity index (χ3v) is 5.29. The van der Waals surface area contributed by atoms with Crippen LogP contribution in [0.15, 0.2) is 48.9 Å². The molecule has 0 saturated carbocycles. The highest BCUT2D eigenvalue weighted by atomic mass is 35.5. The molecule has 0 radical (unpaired) electrons. The van der Waals surface area contributed by atoms with Gasteiger partial charge in [-0.05, 0) is 11.6 Å². The Labute approximate surface area is 173 Å². The van der Waals surface area contributed by atoms with E-state index in [2.05, 4.69) is 25.7 Å². The van der Waals surface area contributed by atoms with E-state index < -0.39 is 4.92 Å². The number of rotatable bonds is 8. The van der Waals surface area contributed by atoms with Crippen molar-refractivity contribution in [3.05, 3.63) is 74.6 Å². The van der Waals surface area contributed by atoms with Gasteiger partial charge in [0.25, 0.3) is 0 Å². The minimum absolute atomic E-state index is 0.0306. The number of hydrogen-bond acceptors (Lipinski definition) is 8. The fraction of sp³-hybridized carbons (Fsp3) is 0.176. The summed E-state index contributed by atoms with van der Waals surface area (Å²) in [6, 6.07) is 9.49. The van der Waals surface area contributed by atoms with E-state index in [9.17, 15) is 10.1 Å². The molecule has 0 aliphatic heterocycles. The molecule has 10 nitrogen and oxygen atoms in total. The normalized spacial score (nSPS) is 10.9. The van der Waals surface area contributed by atoms with Crippen molar-refractivity contribution in [1.29, 1.82) is 0 Å². The Bertz CT molecular complexity index is 1140. The second-order valence-corrected chi connectivity index (χ2v) is 7.55. The first kappa shape index (κ1) is 19.0. The zero-order chi connectivity index (χ0) is 20.2. The number of nitrogens with zero attached hydrogens (tertiary/aromatic N) is 7. The van der Waals surface area contributed by atoms with Gasteiger partial charge in [0.05, 0.1) is 11.5 Å². The number of halogens is 1. The second kappa shape index (κ2) is 8.37. The summed E-state index contributed by atoms with van der Waals surface area (Å²) in [5.74, 6) is 0.655. The first-order valence-corrected chi connectivity index (χ1v) is 9.79. The molecular weight excluding hydrogens is 416 g/mol. The van der Waals surface area contributed by atoms with Crippen molar-refractivity contribution in [2.75, 3.05) is 5.32 Å². The third kappa shape index (κ3) is 4.76. The summed E-state index contributed by atoms with van der Waals surface area (Å²) in [6.07, 6.45) is 5.05. The summed E-state index contributed by atoms with van der Waals surface area (Å²) in [7, 11) is 0. The van der Waals surface area contributed by atoms with Gasteiger partial charge in [0, 0.05) is 30.3 Å². The highest BCUT2D eigenvalue weighted by Crippen LogP contribution is 2.21. The Kier molecular flexibility index (Phi) is 5.49. The average molecular weight is 431 g/mol. The van der Waals surface area contributed by atoms with E-state index in [4.69, 9.17) is 11.6 Å². The Morgan fingerprint density at radius 2 is 2.07 bits per heavy atom. The van der Waals surface area contributed by atoms with Gasteiger partial charge in [-0.15, -0.1) is 10.2 Å². The standard InChI is InChI=1S/C17H15ClN8O2S/c18-14-4-2-1-3-12(14)10-25-7-5-15(23-25)20-17-22-21-16(29-17)6-8-24-11-13(9-19-24)26(27)28/h1-5,7,9,11H,6,8,10H2,(H,20,22,23). The van der Waals surface area contributed by atoms with Gasteiger partial charge >= 0.3 is 5.69 Å². The summed E-state index contributed by atoms with van der Waals surface area (Å²) in [6.45, 7) is 1.05. The van der Waals surface area contributed by atoms with E-state index in [1.165, 1.54) is 28.4 Å². The van der Waals surface area contributed by atoms with Crippen LogP contribution < -0.4 is 5.32 Å². The van der Waals surface area contributed by atoms with E-state index in [0.29, 0.717) is 35.5 Å². The highest BCUT2D eigenvalue weighted by molar-refractivity contribution is 7.15. The molecule has 1 aromatic carbocycles. The summed E-state index contributed by atoms with van der Waals surface area (Å²) in [4.78, 5) is 10.2. The highest BCUT2D eigenvalue weighted by Gasteiger charge is 2.11. The quantitative estimate of drug-likeness (QED) is 0.335. The zero-order valence-electron chi connectivity index (χ0n) is 15.0. The van der Waals surface area contributed by atoms with Crippen LogP contribution >= 0.6 is 22.9 Å². The molecule has 0 amide bonds. The minimum atomic E-state index is -0.471. The smallest absolute Gasteiger partial charge is 0.306 e. The van der Waals surface area contributed by atoms with Crippen molar-refractivity contribution >= 4 is 39.6 Å². The lowest BCUT2D eigenvalue weighted by atomic mass is 10.2. The maximum atomic E-state index is 10.7. The number of aromatic nitrogens is 6. The Morgan fingerprint density at radius 1 is 1.21 bits per heavy atom. The maximum Gasteiger partial charge on any atom is 0.306 e. The minimum Gasteiger partial charge on any atom is -0.313 e. The average Bonchev–Trinajstić information content (AvgIpc) is 3.44. The topological polar surface area (TPSA) is 117 Å². The molecule has 3 heterocycles. The molecule has 3 aromatic heterocycles. The maximum absolute atomic E-state index is 10.7. The fourth-order valence-corrected chi connectivity index (χ4v) is 3.54. The van der Waals surface area contributed by atoms with Crippen LogP contribution in [-0.4, -0.2) is 34.7 Å². The lowest BCUT2D eigenvalue weighted by molar-refractivity contribution is -0.385. The lowest BCUT2D eigenvalue weighted by Gasteiger charge is -2.04. The Balaban J connectivity index is 1.33. The van der Waals surface area contributed by atoms with E-state index >= 15 is 0 Å². The Morgan fingerprint density at radius 3 is 2.86 bits per heavy atom. The van der Waals surface area contributed by atoms with Crippen LogP contribution in [0, 0.1) is 10.1 Å². The van der Waals surface area contributed by atoms with Crippen molar-refractivity contribution in [3.63, 3.8) is 0 Å². The van der Waals surface area contributed by atoms with Crippen LogP contribution in [0.4, 0.5) is 16.6 Å². The molecular formula is C17H15ClN8O2S. The van der Waals surface area contributed by atoms with Gasteiger partial charge in [-0.1, -0.05) is 41.1 Å². The third-order valence-electron chi connectivity index (χ3n) is 4.02. The van der Waals surface area contributed by atoms with Crippen LogP contribution in [0.1, 0.15) is 10.6 Å². The fourth-order valence-electron chi connectivity index (χ4n) is 2.61. The van der Waals surface area contributed by atoms with Crippen molar-refractivity contribution in [3.8, 4) is 0 Å². The molecule has 1 N–H and O–H groups in total. The van der Waals surface area contributed by atoms with Gasteiger partial charge in [0.15, 0.2) is 5.82 Å². The van der Waals surface area contributed by atoms with Gasteiger partial charge < -0.3 is 5.32 Å². The molecule has 4 rings (SSSR count). The summed E-state index contributed by atoms with van der Waals surface area (Å²) in [5.41, 5.74) is 0.956. The zero-order valence-corrected chi connectivity index (χ0v) is 16.5. The molecule has 29 heavy (non-hydrogen) atoms. The number of benzene rings is 1. The molecule has 12 heteroatoms. The molecule has 0 aliphatic carbocycles. The second-order valence-electron chi connectivity index (χ2n) is 6.08. The summed E-state index contributed by atoms with van der Waals surface area (Å²) >= 11 is 7.59. The SMILES string of the molecule is O=[N+]([O-])c1cnn(CCc2nnc(Nc3ccn(Cc4ccccc4Cl)n3)s2)c1. The first-order chi connectivity index (χ1) is 14.1. The molecule has 148 valence electrons. The number of nitro groups is 1. The van der Waals surface area contributed by atoms with Crippen molar-refractivity contribution in [2.45, 2.75) is 19.5 Å². The van der Waals surface area contributed by atoms with Gasteiger partial charge in [-0.2, -0.15) is 10.2 Å². The van der Waals surface area contributed by atoms with E-state index in [1.54, 1.807) is 4.68 Å². The van der Waals surface area contributed by atoms with Crippen LogP contribution in [-0.2, 0) is 19.5 Å². The molecule has 0 aliphatic rings. The van der Waals surface area contributed by atoms with Crippen molar-refractivity contribution in [2.24, 2.45) is 0 Å². The number of anilines is 2. The predicted molar refractivity (Wildman–Crippen MR) is 109 cm³/mol. The first-order valence-electron chi connectivity index (χ1n) is 8.60. The van der Waals surface area contributed by atoms with E-state index in [-0.39, 0.29) is 5.69 Å². The largest absolute Gasteiger partial charge is 0.313 e. The van der Waals surface area contributed by atoms with Gasteiger partial charge in [0.1, 0.15) is 17.4 Å². The predicted octanol–water partition coefficient (Wildman–Crippen LogP) is 3.53. The Hall–Kier alpha value is -3.31. The molecule has 0 fully saturated rings. The molecule has 0 atom stereocenters. The molecule has 0 unspecified atom stereocenters. The van der Waals surface area contributed by atoms with Crippen molar-refractivity contribution < 1.29 is 4.92 Å². The summed E-state index contributed by atoms with van der Waals surface area (Å²) < 4.78 is 3.30. The van der Waals surface area contributed by atoms with Crippen LogP contribution in [0.5, 0.6) is 0 Å². The molecule has 0 saturated heterocycles. The van der Waals surface area contributed by atoms with Gasteiger partial charge in [0.2, 0.25) is 5.13 Å². The van der Waals surface area contributed by atoms with E-state index in [0.717, 1.165) is 10.6 Å². The molecule has 0 spiro atoms. The van der Waals surface area contributed by atoms with Crippen LogP contribution in [0.25, 0.3) is 0 Å². The van der Waals surface area contributed by atoms with Crippen molar-refractivity contribution in [1.82, 2.24) is 29.8 Å². The van der Waals surface area contributed by atoms with Crippen LogP contribution in [0.3, 0.4) is 0 Å². The van der Waals surface area contributed by atoms with Gasteiger partial charge in [-0.25, -0.2) is 0 Å². The van der Waals surface area contributed by atoms with Crippen LogP contribution in [0.2, 0.25) is 5.02 Å². The molecule has 0 bridgehead atoms. The monoisotopic (exact) mass is 430 g/mol. The number of aryl methyl sites for hydroxylation is 2. The van der Waals surface area contributed by atoms with Gasteiger partial charge in [-0.3, -0.25) is 19.5 Å². The van der Waals surface area contributed by atoms with E-state index in [1.807, 2.05) is 36.5 Å². The lowest BCUT2D eigenvalue weighted by Crippen LogP contribution is -2.01. The number of nitrogens with one attached hydrogen (secondary N) is 1. The molecule has 4 aromatic rings.